The summed E-state index contributed by atoms with van der Waals surface area (Å²) in [6, 6.07) is 2.13. The number of carbonyl (C=O) groups is 2. The van der Waals surface area contributed by atoms with E-state index in [0.717, 1.165) is 17.0 Å². The Bertz CT molecular complexity index is 600. The molecule has 0 aromatic heterocycles. The number of amides is 2. The van der Waals surface area contributed by atoms with Crippen LogP contribution in [-0.2, 0) is 14.3 Å². The topological polar surface area (TPSA) is 70.7 Å². The summed E-state index contributed by atoms with van der Waals surface area (Å²) in [6.45, 7) is 1.48. The highest BCUT2D eigenvalue weighted by molar-refractivity contribution is 6.01. The highest BCUT2D eigenvalue weighted by Crippen LogP contribution is 2.27. The van der Waals surface area contributed by atoms with Gasteiger partial charge in [0.05, 0.1) is 13.2 Å². The van der Waals surface area contributed by atoms with Crippen LogP contribution in [-0.4, -0.2) is 50.2 Å². The summed E-state index contributed by atoms with van der Waals surface area (Å²) in [5, 5.41) is 5.61. The van der Waals surface area contributed by atoms with Gasteiger partial charge in [-0.2, -0.15) is 0 Å². The summed E-state index contributed by atoms with van der Waals surface area (Å²) in [7, 11) is 0. The van der Waals surface area contributed by atoms with Crippen LogP contribution in [0.5, 0.6) is 0 Å². The van der Waals surface area contributed by atoms with Crippen molar-refractivity contribution in [1.82, 2.24) is 10.6 Å². The average Bonchev–Trinajstić information content (AvgIpc) is 2.89. The van der Waals surface area contributed by atoms with E-state index in [4.69, 9.17) is 4.74 Å². The summed E-state index contributed by atoms with van der Waals surface area (Å²) < 4.78 is 32.8. The van der Waals surface area contributed by atoms with Gasteiger partial charge >= 0.3 is 0 Å². The molecule has 0 aliphatic carbocycles. The zero-order valence-corrected chi connectivity index (χ0v) is 12.4. The van der Waals surface area contributed by atoms with Crippen molar-refractivity contribution >= 4 is 17.5 Å². The molecule has 0 bridgehead atoms. The smallest absolute Gasteiger partial charge is 0.249 e. The fraction of sp³-hybridized carbons (Fsp3) is 0.467. The summed E-state index contributed by atoms with van der Waals surface area (Å²) in [4.78, 5) is 25.5. The largest absolute Gasteiger partial charge is 0.378 e. The highest BCUT2D eigenvalue weighted by atomic mass is 19.1. The van der Waals surface area contributed by atoms with Crippen molar-refractivity contribution in [2.24, 2.45) is 0 Å². The second-order valence-corrected chi connectivity index (χ2v) is 5.49. The van der Waals surface area contributed by atoms with E-state index in [1.165, 1.54) is 6.07 Å². The molecule has 2 heterocycles. The van der Waals surface area contributed by atoms with Gasteiger partial charge in [-0.15, -0.1) is 0 Å². The van der Waals surface area contributed by atoms with Crippen LogP contribution in [0, 0.1) is 11.6 Å². The number of morpholine rings is 1. The number of hydrogen-bond donors (Lipinski definition) is 2. The van der Waals surface area contributed by atoms with Crippen molar-refractivity contribution in [3.63, 3.8) is 0 Å². The van der Waals surface area contributed by atoms with E-state index in [1.807, 2.05) is 0 Å². The molecule has 0 saturated carbocycles. The second kappa shape index (κ2) is 6.59. The number of nitrogens with zero attached hydrogens (tertiary/aromatic N) is 1. The van der Waals surface area contributed by atoms with E-state index in [1.54, 1.807) is 0 Å². The molecular weight excluding hydrogens is 308 g/mol. The van der Waals surface area contributed by atoms with Gasteiger partial charge < -0.3 is 20.3 Å². The molecule has 0 radical (unpaired) electrons. The number of para-hydroxylation sites is 1. The quantitative estimate of drug-likeness (QED) is 0.831. The normalized spacial score (nSPS) is 24.8. The lowest BCUT2D eigenvalue weighted by Gasteiger charge is -2.24. The third-order valence-electron chi connectivity index (χ3n) is 3.97. The molecule has 23 heavy (non-hydrogen) atoms. The molecule has 2 aliphatic rings. The molecule has 2 saturated heterocycles. The van der Waals surface area contributed by atoms with E-state index < -0.39 is 29.6 Å². The first kappa shape index (κ1) is 15.8. The minimum absolute atomic E-state index is 0.149. The Balaban J connectivity index is 1.68. The summed E-state index contributed by atoms with van der Waals surface area (Å²) in [5.74, 6) is -2.46. The molecule has 2 N–H and O–H groups in total. The number of rotatable bonds is 3. The Morgan fingerprint density at radius 2 is 2.09 bits per heavy atom. The summed E-state index contributed by atoms with van der Waals surface area (Å²) in [6.07, 6.45) is 0.298. The van der Waals surface area contributed by atoms with Gasteiger partial charge in [-0.25, -0.2) is 8.78 Å². The lowest BCUT2D eigenvalue weighted by Crippen LogP contribution is -2.54. The van der Waals surface area contributed by atoms with Crippen LogP contribution in [0.3, 0.4) is 0 Å². The van der Waals surface area contributed by atoms with Crippen molar-refractivity contribution in [3.05, 3.63) is 29.8 Å². The molecule has 2 aliphatic heterocycles. The van der Waals surface area contributed by atoms with Gasteiger partial charge in [-0.1, -0.05) is 6.07 Å². The summed E-state index contributed by atoms with van der Waals surface area (Å²) >= 11 is 0. The first-order valence-corrected chi connectivity index (χ1v) is 7.45. The van der Waals surface area contributed by atoms with Gasteiger partial charge in [-0.05, 0) is 18.6 Å². The van der Waals surface area contributed by atoms with E-state index in [0.29, 0.717) is 19.6 Å². The van der Waals surface area contributed by atoms with Crippen LogP contribution >= 0.6 is 0 Å². The van der Waals surface area contributed by atoms with Crippen molar-refractivity contribution in [2.75, 3.05) is 31.2 Å². The molecule has 3 rings (SSSR count). The lowest BCUT2D eigenvalue weighted by molar-refractivity contribution is -0.129. The molecule has 1 aromatic carbocycles. The van der Waals surface area contributed by atoms with E-state index in [-0.39, 0.29) is 24.7 Å². The van der Waals surface area contributed by atoms with Crippen molar-refractivity contribution in [2.45, 2.75) is 18.5 Å². The zero-order chi connectivity index (χ0) is 16.4. The van der Waals surface area contributed by atoms with Crippen LogP contribution in [0.4, 0.5) is 14.5 Å². The Hall–Kier alpha value is -2.06. The average molecular weight is 325 g/mol. The second-order valence-electron chi connectivity index (χ2n) is 5.49. The minimum atomic E-state index is -0.798. The molecule has 2 amide bonds. The number of ether oxygens (including phenoxy) is 1. The molecule has 0 spiro atoms. The predicted molar refractivity (Wildman–Crippen MR) is 77.9 cm³/mol. The maximum absolute atomic E-state index is 13.8. The molecule has 6 nitrogen and oxygen atoms in total. The predicted octanol–water partition coefficient (Wildman–Crippen LogP) is 0.175. The Kier molecular flexibility index (Phi) is 4.53. The van der Waals surface area contributed by atoms with Gasteiger partial charge in [0, 0.05) is 13.1 Å². The first-order valence-electron chi connectivity index (χ1n) is 7.45. The van der Waals surface area contributed by atoms with E-state index in [2.05, 4.69) is 10.6 Å². The SMILES string of the molecule is O=C(N[C@@H]1CCN(c2c(F)cccc2F)C1=O)[C@@H]1COCCN1. The fourth-order valence-electron chi connectivity index (χ4n) is 2.79. The van der Waals surface area contributed by atoms with Crippen LogP contribution in [0.15, 0.2) is 18.2 Å². The molecule has 2 fully saturated rings. The van der Waals surface area contributed by atoms with Crippen molar-refractivity contribution in [1.29, 1.82) is 0 Å². The van der Waals surface area contributed by atoms with E-state index in [9.17, 15) is 18.4 Å². The monoisotopic (exact) mass is 325 g/mol. The number of anilines is 1. The Morgan fingerprint density at radius 3 is 2.74 bits per heavy atom. The van der Waals surface area contributed by atoms with Crippen LogP contribution in [0.1, 0.15) is 6.42 Å². The van der Waals surface area contributed by atoms with Crippen molar-refractivity contribution in [3.8, 4) is 0 Å². The third-order valence-corrected chi connectivity index (χ3v) is 3.97. The fourth-order valence-corrected chi connectivity index (χ4v) is 2.79. The van der Waals surface area contributed by atoms with Crippen LogP contribution in [0.25, 0.3) is 0 Å². The van der Waals surface area contributed by atoms with E-state index >= 15 is 0 Å². The van der Waals surface area contributed by atoms with Crippen molar-refractivity contribution < 1.29 is 23.1 Å². The summed E-state index contributed by atoms with van der Waals surface area (Å²) in [5.41, 5.74) is -0.367. The molecule has 8 heteroatoms. The minimum Gasteiger partial charge on any atom is -0.378 e. The molecule has 124 valence electrons. The molecule has 2 atom stereocenters. The Labute approximate surface area is 131 Å². The lowest BCUT2D eigenvalue weighted by atomic mass is 10.2. The molecule has 0 unspecified atom stereocenters. The maximum atomic E-state index is 13.8. The number of halogens is 2. The molecule has 1 aromatic rings. The standard InChI is InChI=1S/C15H17F2N3O3/c16-9-2-1-3-10(17)13(9)20-6-4-11(15(20)22)19-14(21)12-8-23-7-5-18-12/h1-3,11-12,18H,4-8H2,(H,19,21)/t11-,12+/m1/s1. The Morgan fingerprint density at radius 1 is 1.35 bits per heavy atom. The van der Waals surface area contributed by atoms with Gasteiger partial charge in [0.1, 0.15) is 29.4 Å². The third kappa shape index (κ3) is 3.18. The zero-order valence-electron chi connectivity index (χ0n) is 12.4. The van der Waals surface area contributed by atoms with Crippen LogP contribution < -0.4 is 15.5 Å². The van der Waals surface area contributed by atoms with Crippen LogP contribution in [0.2, 0.25) is 0 Å². The van der Waals surface area contributed by atoms with Gasteiger partial charge in [0.25, 0.3) is 0 Å². The molecular formula is C15H17F2N3O3. The maximum Gasteiger partial charge on any atom is 0.249 e. The highest BCUT2D eigenvalue weighted by Gasteiger charge is 2.37. The number of carbonyl (C=O) groups excluding carboxylic acids is 2. The van der Waals surface area contributed by atoms with Gasteiger partial charge in [-0.3, -0.25) is 9.59 Å². The van der Waals surface area contributed by atoms with Gasteiger partial charge in [0.15, 0.2) is 0 Å². The number of hydrogen-bond acceptors (Lipinski definition) is 4. The number of nitrogens with one attached hydrogen (secondary N) is 2. The number of benzene rings is 1. The van der Waals surface area contributed by atoms with Gasteiger partial charge in [0.2, 0.25) is 11.8 Å². The first-order chi connectivity index (χ1) is 11.1.